The average molecular weight is 220 g/mol. The number of rotatable bonds is 3. The van der Waals surface area contributed by atoms with Crippen LogP contribution in [0.25, 0.3) is 10.1 Å². The predicted molar refractivity (Wildman–Crippen MR) is 62.8 cm³/mol. The molecule has 1 heterocycles. The van der Waals surface area contributed by atoms with Crippen LogP contribution in [0.1, 0.15) is 28.6 Å². The summed E-state index contributed by atoms with van der Waals surface area (Å²) in [5.41, 5.74) is 1.28. The largest absolute Gasteiger partial charge is 0.477 e. The van der Waals surface area contributed by atoms with Crippen LogP contribution in [0.5, 0.6) is 0 Å². The van der Waals surface area contributed by atoms with E-state index in [4.69, 9.17) is 5.11 Å². The van der Waals surface area contributed by atoms with Crippen LogP contribution in [-0.2, 0) is 6.42 Å². The molecule has 0 bridgehead atoms. The van der Waals surface area contributed by atoms with Crippen molar-refractivity contribution in [3.05, 3.63) is 34.7 Å². The third kappa shape index (κ3) is 2.02. The lowest BCUT2D eigenvalue weighted by Crippen LogP contribution is -1.89. The monoisotopic (exact) mass is 220 g/mol. The van der Waals surface area contributed by atoms with Crippen molar-refractivity contribution in [2.45, 2.75) is 19.8 Å². The molecule has 78 valence electrons. The van der Waals surface area contributed by atoms with Crippen molar-refractivity contribution in [3.63, 3.8) is 0 Å². The minimum atomic E-state index is -0.840. The molecule has 2 aromatic rings. The smallest absolute Gasteiger partial charge is 0.345 e. The minimum Gasteiger partial charge on any atom is -0.477 e. The summed E-state index contributed by atoms with van der Waals surface area (Å²) in [7, 11) is 0. The molecular formula is C12H12O2S. The molecule has 0 aliphatic heterocycles. The van der Waals surface area contributed by atoms with E-state index in [0.717, 1.165) is 22.9 Å². The maximum absolute atomic E-state index is 10.8. The number of thiophene rings is 1. The molecular weight excluding hydrogens is 208 g/mol. The van der Waals surface area contributed by atoms with Crippen LogP contribution in [0, 0.1) is 0 Å². The predicted octanol–water partition coefficient (Wildman–Crippen LogP) is 3.55. The number of carboxylic acids is 1. The van der Waals surface area contributed by atoms with Crippen LogP contribution in [0.15, 0.2) is 24.3 Å². The SMILES string of the molecule is CCCc1ccc2sc(C(=O)O)cc2c1. The molecule has 3 heteroatoms. The van der Waals surface area contributed by atoms with Gasteiger partial charge in [0.15, 0.2) is 0 Å². The number of aryl methyl sites for hydroxylation is 1. The lowest BCUT2D eigenvalue weighted by molar-refractivity contribution is 0.0702. The van der Waals surface area contributed by atoms with Gasteiger partial charge in [-0.25, -0.2) is 4.79 Å². The fraction of sp³-hybridized carbons (Fsp3) is 0.250. The highest BCUT2D eigenvalue weighted by molar-refractivity contribution is 7.20. The van der Waals surface area contributed by atoms with E-state index in [2.05, 4.69) is 19.1 Å². The zero-order valence-electron chi connectivity index (χ0n) is 8.49. The Labute approximate surface area is 92.2 Å². The maximum atomic E-state index is 10.8. The van der Waals surface area contributed by atoms with Crippen LogP contribution in [0.2, 0.25) is 0 Å². The van der Waals surface area contributed by atoms with Crippen LogP contribution < -0.4 is 0 Å². The fourth-order valence-corrected chi connectivity index (χ4v) is 2.52. The molecule has 1 aromatic carbocycles. The van der Waals surface area contributed by atoms with Crippen LogP contribution >= 0.6 is 11.3 Å². The average Bonchev–Trinajstić information content (AvgIpc) is 2.61. The third-order valence-electron chi connectivity index (χ3n) is 2.33. The van der Waals surface area contributed by atoms with E-state index in [1.807, 2.05) is 6.07 Å². The van der Waals surface area contributed by atoms with Gasteiger partial charge in [-0.15, -0.1) is 11.3 Å². The Morgan fingerprint density at radius 3 is 2.87 bits per heavy atom. The highest BCUT2D eigenvalue weighted by Gasteiger charge is 2.08. The van der Waals surface area contributed by atoms with Gasteiger partial charge in [-0.3, -0.25) is 0 Å². The molecule has 0 saturated carbocycles. The van der Waals surface area contributed by atoms with Gasteiger partial charge in [-0.1, -0.05) is 25.5 Å². The molecule has 0 radical (unpaired) electrons. The lowest BCUT2D eigenvalue weighted by Gasteiger charge is -1.97. The van der Waals surface area contributed by atoms with Gasteiger partial charge < -0.3 is 5.11 Å². The highest BCUT2D eigenvalue weighted by Crippen LogP contribution is 2.26. The van der Waals surface area contributed by atoms with Crippen molar-refractivity contribution in [2.75, 3.05) is 0 Å². The Morgan fingerprint density at radius 2 is 2.20 bits per heavy atom. The Balaban J connectivity index is 2.47. The molecule has 0 spiro atoms. The van der Waals surface area contributed by atoms with Gasteiger partial charge in [0.1, 0.15) is 4.88 Å². The molecule has 0 aliphatic carbocycles. The molecule has 0 unspecified atom stereocenters. The molecule has 0 saturated heterocycles. The van der Waals surface area contributed by atoms with Gasteiger partial charge in [0.2, 0.25) is 0 Å². The van der Waals surface area contributed by atoms with Gasteiger partial charge in [-0.05, 0) is 29.5 Å². The van der Waals surface area contributed by atoms with Crippen molar-refractivity contribution in [3.8, 4) is 0 Å². The standard InChI is InChI=1S/C12H12O2S/c1-2-3-8-4-5-10-9(6-8)7-11(15-10)12(13)14/h4-7H,2-3H2,1H3,(H,13,14). The molecule has 0 amide bonds. The molecule has 15 heavy (non-hydrogen) atoms. The van der Waals surface area contributed by atoms with Crippen molar-refractivity contribution >= 4 is 27.4 Å². The number of benzene rings is 1. The summed E-state index contributed by atoms with van der Waals surface area (Å²) in [4.78, 5) is 11.2. The van der Waals surface area contributed by atoms with E-state index in [1.54, 1.807) is 6.07 Å². The molecule has 0 fully saturated rings. The first-order valence-corrected chi connectivity index (χ1v) is 5.78. The van der Waals surface area contributed by atoms with E-state index in [1.165, 1.54) is 16.9 Å². The number of aromatic carboxylic acids is 1. The second-order valence-electron chi connectivity index (χ2n) is 3.54. The number of hydrogen-bond donors (Lipinski definition) is 1. The third-order valence-corrected chi connectivity index (χ3v) is 3.43. The fourth-order valence-electron chi connectivity index (χ4n) is 1.64. The Morgan fingerprint density at radius 1 is 1.40 bits per heavy atom. The summed E-state index contributed by atoms with van der Waals surface area (Å²) in [5, 5.41) is 9.91. The van der Waals surface area contributed by atoms with Gasteiger partial charge in [-0.2, -0.15) is 0 Å². The summed E-state index contributed by atoms with van der Waals surface area (Å²) in [6.45, 7) is 2.14. The number of fused-ring (bicyclic) bond motifs is 1. The van der Waals surface area contributed by atoms with Gasteiger partial charge in [0.25, 0.3) is 0 Å². The van der Waals surface area contributed by atoms with Crippen LogP contribution in [0.4, 0.5) is 0 Å². The van der Waals surface area contributed by atoms with Gasteiger partial charge in [0.05, 0.1) is 0 Å². The van der Waals surface area contributed by atoms with E-state index in [-0.39, 0.29) is 0 Å². The molecule has 1 aromatic heterocycles. The summed E-state index contributed by atoms with van der Waals surface area (Å²) >= 11 is 1.33. The second-order valence-corrected chi connectivity index (χ2v) is 4.62. The second kappa shape index (κ2) is 4.03. The molecule has 0 aliphatic rings. The van der Waals surface area contributed by atoms with Crippen LogP contribution in [-0.4, -0.2) is 11.1 Å². The summed E-state index contributed by atoms with van der Waals surface area (Å²) in [6.07, 6.45) is 2.16. The zero-order valence-corrected chi connectivity index (χ0v) is 9.30. The first-order chi connectivity index (χ1) is 7.20. The van der Waals surface area contributed by atoms with E-state index >= 15 is 0 Å². The topological polar surface area (TPSA) is 37.3 Å². The highest BCUT2D eigenvalue weighted by atomic mass is 32.1. The summed E-state index contributed by atoms with van der Waals surface area (Å²) < 4.78 is 1.05. The summed E-state index contributed by atoms with van der Waals surface area (Å²) in [5.74, 6) is -0.840. The number of carbonyl (C=O) groups is 1. The van der Waals surface area contributed by atoms with Crippen molar-refractivity contribution in [1.29, 1.82) is 0 Å². The first kappa shape index (κ1) is 10.2. The van der Waals surface area contributed by atoms with Gasteiger partial charge in [0, 0.05) is 4.70 Å². The minimum absolute atomic E-state index is 0.415. The zero-order chi connectivity index (χ0) is 10.8. The molecule has 1 N–H and O–H groups in total. The number of carboxylic acid groups (broad SMARTS) is 1. The lowest BCUT2D eigenvalue weighted by atomic mass is 10.1. The van der Waals surface area contributed by atoms with Crippen LogP contribution in [0.3, 0.4) is 0 Å². The number of hydrogen-bond acceptors (Lipinski definition) is 2. The molecule has 0 atom stereocenters. The van der Waals surface area contributed by atoms with E-state index in [0.29, 0.717) is 4.88 Å². The normalized spacial score (nSPS) is 10.7. The van der Waals surface area contributed by atoms with E-state index < -0.39 is 5.97 Å². The maximum Gasteiger partial charge on any atom is 0.345 e. The van der Waals surface area contributed by atoms with Crippen molar-refractivity contribution < 1.29 is 9.90 Å². The first-order valence-electron chi connectivity index (χ1n) is 4.96. The summed E-state index contributed by atoms with van der Waals surface area (Å²) in [6, 6.07) is 7.93. The quantitative estimate of drug-likeness (QED) is 0.858. The van der Waals surface area contributed by atoms with Crippen molar-refractivity contribution in [1.82, 2.24) is 0 Å². The Hall–Kier alpha value is -1.35. The molecule has 2 rings (SSSR count). The Kier molecular flexibility index (Phi) is 2.73. The van der Waals surface area contributed by atoms with Gasteiger partial charge >= 0.3 is 5.97 Å². The van der Waals surface area contributed by atoms with E-state index in [9.17, 15) is 4.79 Å². The Bertz CT molecular complexity index is 499. The molecule has 2 nitrogen and oxygen atoms in total. The van der Waals surface area contributed by atoms with Crippen molar-refractivity contribution in [2.24, 2.45) is 0 Å².